The highest BCUT2D eigenvalue weighted by atomic mass is 32.2. The van der Waals surface area contributed by atoms with Crippen molar-refractivity contribution < 1.29 is 9.53 Å². The van der Waals surface area contributed by atoms with Crippen LogP contribution in [0.4, 0.5) is 0 Å². The smallest absolute Gasteiger partial charge is 0.325 e. The molecule has 0 aliphatic carbocycles. The van der Waals surface area contributed by atoms with E-state index in [1.54, 1.807) is 23.4 Å². The molecule has 1 unspecified atom stereocenters. The number of unbranched alkanes of at least 4 members (excludes halogenated alkanes) is 1. The predicted molar refractivity (Wildman–Crippen MR) is 70.2 cm³/mol. The second-order valence-electron chi connectivity index (χ2n) is 4.38. The summed E-state index contributed by atoms with van der Waals surface area (Å²) in [6.45, 7) is 1.70. The van der Waals surface area contributed by atoms with E-state index >= 15 is 0 Å². The molecular formula is C11H20N4O2S. The third-order valence-corrected chi connectivity index (χ3v) is 3.76. The van der Waals surface area contributed by atoms with Gasteiger partial charge < -0.3 is 10.5 Å². The number of aromatic nitrogens is 3. The molecule has 1 aromatic heterocycles. The second-order valence-corrected chi connectivity index (χ2v) is 5.44. The Morgan fingerprint density at radius 2 is 2.33 bits per heavy atom. The molecule has 0 fully saturated rings. The van der Waals surface area contributed by atoms with Gasteiger partial charge in [0.2, 0.25) is 0 Å². The van der Waals surface area contributed by atoms with Crippen molar-refractivity contribution in [3.63, 3.8) is 0 Å². The van der Waals surface area contributed by atoms with Gasteiger partial charge in [-0.1, -0.05) is 18.2 Å². The summed E-state index contributed by atoms with van der Waals surface area (Å²) in [6, 6.07) is 0. The molecule has 1 aromatic rings. The van der Waals surface area contributed by atoms with Crippen LogP contribution in [-0.4, -0.2) is 39.1 Å². The molecule has 0 radical (unpaired) electrons. The molecule has 0 aromatic carbocycles. The second kappa shape index (κ2) is 6.75. The molecule has 7 heteroatoms. The summed E-state index contributed by atoms with van der Waals surface area (Å²) in [6.07, 6.45) is 4.02. The fourth-order valence-corrected chi connectivity index (χ4v) is 2.40. The van der Waals surface area contributed by atoms with E-state index in [9.17, 15) is 4.79 Å². The molecule has 0 amide bonds. The number of nitrogens with zero attached hydrogens (tertiary/aromatic N) is 3. The van der Waals surface area contributed by atoms with Crippen molar-refractivity contribution in [3.05, 3.63) is 6.33 Å². The van der Waals surface area contributed by atoms with E-state index < -0.39 is 5.54 Å². The molecule has 0 bridgehead atoms. The summed E-state index contributed by atoms with van der Waals surface area (Å²) in [4.78, 5) is 15.5. The van der Waals surface area contributed by atoms with Crippen LogP contribution in [0.1, 0.15) is 26.2 Å². The lowest BCUT2D eigenvalue weighted by molar-refractivity contribution is -0.146. The number of hydrogen-bond donors (Lipinski definition) is 1. The van der Waals surface area contributed by atoms with Gasteiger partial charge in [0.05, 0.1) is 7.11 Å². The number of aryl methyl sites for hydroxylation is 1. The molecule has 0 aliphatic heterocycles. The van der Waals surface area contributed by atoms with Crippen molar-refractivity contribution in [2.24, 2.45) is 12.8 Å². The van der Waals surface area contributed by atoms with Gasteiger partial charge in [-0.3, -0.25) is 4.79 Å². The van der Waals surface area contributed by atoms with Gasteiger partial charge in [0, 0.05) is 12.8 Å². The highest BCUT2D eigenvalue weighted by Gasteiger charge is 2.28. The van der Waals surface area contributed by atoms with Crippen molar-refractivity contribution in [2.75, 3.05) is 12.9 Å². The predicted octanol–water partition coefficient (Wildman–Crippen LogP) is 0.968. The average molecular weight is 272 g/mol. The number of rotatable bonds is 7. The molecule has 18 heavy (non-hydrogen) atoms. The van der Waals surface area contributed by atoms with Crippen LogP contribution in [-0.2, 0) is 16.6 Å². The van der Waals surface area contributed by atoms with Crippen LogP contribution in [0.25, 0.3) is 0 Å². The van der Waals surface area contributed by atoms with Crippen LogP contribution in [0.2, 0.25) is 0 Å². The highest BCUT2D eigenvalue weighted by Crippen LogP contribution is 2.18. The lowest BCUT2D eigenvalue weighted by atomic mass is 9.97. The Labute approximate surface area is 111 Å². The molecule has 0 saturated heterocycles. The van der Waals surface area contributed by atoms with E-state index in [-0.39, 0.29) is 5.97 Å². The minimum absolute atomic E-state index is 0.358. The molecule has 2 N–H and O–H groups in total. The number of carbonyl (C=O) groups excluding carboxylic acids is 1. The van der Waals surface area contributed by atoms with Crippen molar-refractivity contribution in [3.8, 4) is 0 Å². The summed E-state index contributed by atoms with van der Waals surface area (Å²) in [5.41, 5.74) is 4.98. The first-order valence-electron chi connectivity index (χ1n) is 5.81. The molecule has 0 saturated carbocycles. The molecule has 102 valence electrons. The first-order valence-corrected chi connectivity index (χ1v) is 6.80. The minimum atomic E-state index is -0.885. The zero-order chi connectivity index (χ0) is 13.6. The molecule has 0 aliphatic rings. The summed E-state index contributed by atoms with van der Waals surface area (Å²) in [5.74, 6) is 0.576. The Hall–Kier alpha value is -1.08. The van der Waals surface area contributed by atoms with Gasteiger partial charge in [0.15, 0.2) is 5.16 Å². The third kappa shape index (κ3) is 4.30. The minimum Gasteiger partial charge on any atom is -0.468 e. The molecule has 6 nitrogen and oxygen atoms in total. The largest absolute Gasteiger partial charge is 0.468 e. The third-order valence-electron chi connectivity index (χ3n) is 2.64. The van der Waals surface area contributed by atoms with Crippen LogP contribution in [0.15, 0.2) is 11.5 Å². The Kier molecular flexibility index (Phi) is 5.61. The normalized spacial score (nSPS) is 14.2. The standard InChI is InChI=1S/C11H20N4O2S/c1-11(12,9(16)17-3)6-4-5-7-18-10-13-8-14-15(10)2/h8H,4-7,12H2,1-3H3. The Balaban J connectivity index is 2.19. The summed E-state index contributed by atoms with van der Waals surface area (Å²) in [5, 5.41) is 4.89. The zero-order valence-corrected chi connectivity index (χ0v) is 11.9. The van der Waals surface area contributed by atoms with Crippen molar-refractivity contribution in [1.82, 2.24) is 14.8 Å². The van der Waals surface area contributed by atoms with E-state index in [0.717, 1.165) is 23.8 Å². The maximum atomic E-state index is 11.4. The van der Waals surface area contributed by atoms with Gasteiger partial charge in [0.25, 0.3) is 0 Å². The van der Waals surface area contributed by atoms with E-state index in [1.165, 1.54) is 13.4 Å². The van der Waals surface area contributed by atoms with Gasteiger partial charge in [-0.15, -0.1) is 0 Å². The van der Waals surface area contributed by atoms with Gasteiger partial charge in [-0.25, -0.2) is 9.67 Å². The van der Waals surface area contributed by atoms with Crippen LogP contribution < -0.4 is 5.73 Å². The quantitative estimate of drug-likeness (QED) is 0.452. The van der Waals surface area contributed by atoms with E-state index in [2.05, 4.69) is 14.8 Å². The number of hydrogen-bond acceptors (Lipinski definition) is 6. The van der Waals surface area contributed by atoms with E-state index in [1.807, 2.05) is 7.05 Å². The fourth-order valence-electron chi connectivity index (χ4n) is 1.51. The Morgan fingerprint density at radius 3 is 2.89 bits per heavy atom. The SMILES string of the molecule is COC(=O)C(C)(N)CCCCSc1ncnn1C. The number of methoxy groups -OCH3 is 1. The average Bonchev–Trinajstić information content (AvgIpc) is 2.73. The maximum Gasteiger partial charge on any atom is 0.325 e. The van der Waals surface area contributed by atoms with Crippen molar-refractivity contribution >= 4 is 17.7 Å². The lowest BCUT2D eigenvalue weighted by Crippen LogP contribution is -2.45. The first kappa shape index (κ1) is 15.0. The Bertz CT molecular complexity index is 392. The van der Waals surface area contributed by atoms with Crippen LogP contribution in [0.5, 0.6) is 0 Å². The van der Waals surface area contributed by atoms with Crippen LogP contribution in [0, 0.1) is 0 Å². The van der Waals surface area contributed by atoms with E-state index in [4.69, 9.17) is 5.73 Å². The molecular weight excluding hydrogens is 252 g/mol. The summed E-state index contributed by atoms with van der Waals surface area (Å²) in [7, 11) is 3.22. The van der Waals surface area contributed by atoms with Crippen molar-refractivity contribution in [2.45, 2.75) is 36.9 Å². The number of ether oxygens (including phenoxy) is 1. The number of carbonyl (C=O) groups is 1. The first-order chi connectivity index (χ1) is 8.47. The fraction of sp³-hybridized carbons (Fsp3) is 0.727. The molecule has 1 rings (SSSR count). The van der Waals surface area contributed by atoms with Crippen molar-refractivity contribution in [1.29, 1.82) is 0 Å². The van der Waals surface area contributed by atoms with Gasteiger partial charge in [-0.2, -0.15) is 5.10 Å². The van der Waals surface area contributed by atoms with Gasteiger partial charge >= 0.3 is 5.97 Å². The van der Waals surface area contributed by atoms with Gasteiger partial charge in [-0.05, 0) is 19.8 Å². The van der Waals surface area contributed by atoms with E-state index in [0.29, 0.717) is 6.42 Å². The molecule has 1 atom stereocenters. The zero-order valence-electron chi connectivity index (χ0n) is 11.0. The van der Waals surface area contributed by atoms with Crippen LogP contribution in [0.3, 0.4) is 0 Å². The molecule has 0 spiro atoms. The topological polar surface area (TPSA) is 83.0 Å². The lowest BCUT2D eigenvalue weighted by Gasteiger charge is -2.20. The summed E-state index contributed by atoms with van der Waals surface area (Å²) >= 11 is 1.65. The van der Waals surface area contributed by atoms with Gasteiger partial charge in [0.1, 0.15) is 11.9 Å². The highest BCUT2D eigenvalue weighted by molar-refractivity contribution is 7.99. The maximum absolute atomic E-state index is 11.4. The number of nitrogens with two attached hydrogens (primary N) is 1. The molecule has 1 heterocycles. The van der Waals surface area contributed by atoms with Crippen LogP contribution >= 0.6 is 11.8 Å². The summed E-state index contributed by atoms with van der Waals surface area (Å²) < 4.78 is 6.40. The number of esters is 1. The monoisotopic (exact) mass is 272 g/mol. The number of thioether (sulfide) groups is 1. The Morgan fingerprint density at radius 1 is 1.61 bits per heavy atom.